The van der Waals surface area contributed by atoms with Crippen molar-refractivity contribution in [3.8, 4) is 22.6 Å². The third-order valence-electron chi connectivity index (χ3n) is 8.94. The van der Waals surface area contributed by atoms with Crippen molar-refractivity contribution in [1.82, 2.24) is 0 Å². The molecule has 5 aromatic rings. The van der Waals surface area contributed by atoms with Crippen LogP contribution in [0.4, 0.5) is 0 Å². The van der Waals surface area contributed by atoms with Crippen LogP contribution in [0.15, 0.2) is 45.2 Å². The number of furan rings is 2. The number of hydrogen-bond acceptors (Lipinski definition) is 4. The van der Waals surface area contributed by atoms with E-state index in [1.807, 2.05) is 22.7 Å². The molecule has 0 N–H and O–H groups in total. The van der Waals surface area contributed by atoms with Crippen LogP contribution in [0.2, 0.25) is 14.8 Å². The van der Waals surface area contributed by atoms with Crippen LogP contribution >= 0.6 is 22.7 Å². The molecule has 0 saturated heterocycles. The van der Waals surface area contributed by atoms with Gasteiger partial charge in [0.25, 0.3) is 0 Å². The standard InChI is InChI=1S/C34H41O2S2.3CH3.Sn/c1-6-10-12-23(8-3)21-25-14-15-29(35-25)32-27-20-22(5)38-34(27)31(26-18-19-37-33(26)32)30-17-16-28(36-30)24(9-4)13-11-7-2;;;;/h14-18,20,23-24H,6-13,21H2,1-5H3;3*1H3;. The number of aryl methyl sites for hydroxylation is 1. The molecule has 0 aliphatic heterocycles. The second-order valence-corrected chi connectivity index (χ2v) is 31.0. The molecule has 4 aromatic heterocycles. The third-order valence-corrected chi connectivity index (χ3v) is 20.6. The molecule has 0 amide bonds. The number of benzene rings is 1. The summed E-state index contributed by atoms with van der Waals surface area (Å²) in [6, 6.07) is 13.9. The zero-order valence-corrected chi connectivity index (χ0v) is 31.6. The number of hydrogen-bond donors (Lipinski definition) is 0. The predicted molar refractivity (Wildman–Crippen MR) is 190 cm³/mol. The Bertz CT molecular complexity index is 1620. The summed E-state index contributed by atoms with van der Waals surface area (Å²) in [6.07, 6.45) is 10.9. The van der Waals surface area contributed by atoms with Crippen molar-refractivity contribution in [1.29, 1.82) is 0 Å². The molecule has 1 aromatic carbocycles. The molecule has 4 heterocycles. The van der Waals surface area contributed by atoms with Gasteiger partial charge in [-0.2, -0.15) is 0 Å². The SMILES string of the molecule is CCCCC(CC)Cc1ccc(-c2c3cc(C)sc3c(-c3ccc(C(CC)CCCC)o3)c3c[c]([Sn]([CH3])([CH3])[CH3])sc23)o1. The summed E-state index contributed by atoms with van der Waals surface area (Å²) in [5.41, 5.74) is 2.57. The average Bonchev–Trinajstić information content (AvgIpc) is 3.76. The predicted octanol–water partition coefficient (Wildman–Crippen LogP) is 12.9. The molecular weight excluding hydrogens is 659 g/mol. The Kier molecular flexibility index (Phi) is 10.4. The quantitative estimate of drug-likeness (QED) is 0.107. The Labute approximate surface area is 265 Å². The Hall–Kier alpha value is -1.50. The molecule has 0 aliphatic carbocycles. The zero-order chi connectivity index (χ0) is 30.0. The first-order valence-electron chi connectivity index (χ1n) is 16.4. The van der Waals surface area contributed by atoms with Crippen LogP contribution in [0.25, 0.3) is 42.8 Å². The molecule has 5 heteroatoms. The van der Waals surface area contributed by atoms with Crippen LogP contribution in [0, 0.1) is 12.8 Å². The molecular formula is C37H50O2S2Sn. The number of fused-ring (bicyclic) bond motifs is 2. The topological polar surface area (TPSA) is 26.3 Å². The van der Waals surface area contributed by atoms with Gasteiger partial charge in [-0.25, -0.2) is 0 Å². The van der Waals surface area contributed by atoms with Crippen molar-refractivity contribution in [2.24, 2.45) is 5.92 Å². The van der Waals surface area contributed by atoms with Gasteiger partial charge < -0.3 is 0 Å². The van der Waals surface area contributed by atoms with Crippen molar-refractivity contribution in [2.45, 2.75) is 113 Å². The summed E-state index contributed by atoms with van der Waals surface area (Å²) < 4.78 is 17.8. The van der Waals surface area contributed by atoms with E-state index >= 15 is 0 Å². The Morgan fingerprint density at radius 1 is 0.738 bits per heavy atom. The fourth-order valence-corrected chi connectivity index (χ4v) is 13.8. The number of thiophene rings is 2. The first kappa shape index (κ1) is 31.9. The molecule has 5 rings (SSSR count). The van der Waals surface area contributed by atoms with Gasteiger partial charge in [0.15, 0.2) is 0 Å². The summed E-state index contributed by atoms with van der Waals surface area (Å²) >= 11 is 1.57. The van der Waals surface area contributed by atoms with Gasteiger partial charge in [-0.05, 0) is 0 Å². The van der Waals surface area contributed by atoms with Crippen molar-refractivity contribution in [3.05, 3.63) is 52.8 Å². The van der Waals surface area contributed by atoms with Gasteiger partial charge in [0.2, 0.25) is 0 Å². The van der Waals surface area contributed by atoms with Crippen LogP contribution in [0.3, 0.4) is 0 Å². The molecule has 2 unspecified atom stereocenters. The van der Waals surface area contributed by atoms with Gasteiger partial charge in [-0.1, -0.05) is 6.92 Å². The maximum atomic E-state index is 6.78. The molecule has 0 aliphatic rings. The number of rotatable bonds is 14. The van der Waals surface area contributed by atoms with Crippen molar-refractivity contribution in [2.75, 3.05) is 0 Å². The molecule has 2 atom stereocenters. The first-order chi connectivity index (χ1) is 20.2. The Balaban J connectivity index is 1.68. The van der Waals surface area contributed by atoms with Gasteiger partial charge >= 0.3 is 261 Å². The molecule has 0 radical (unpaired) electrons. The van der Waals surface area contributed by atoms with Crippen LogP contribution in [-0.2, 0) is 6.42 Å². The summed E-state index contributed by atoms with van der Waals surface area (Å²) in [5.74, 6) is 5.51. The third kappa shape index (κ3) is 6.61. The van der Waals surface area contributed by atoms with Crippen molar-refractivity contribution >= 4 is 64.1 Å². The molecule has 42 heavy (non-hydrogen) atoms. The van der Waals surface area contributed by atoms with Gasteiger partial charge in [-0.15, -0.1) is 0 Å². The fraction of sp³-hybridized carbons (Fsp3) is 0.514. The summed E-state index contributed by atoms with van der Waals surface area (Å²) in [4.78, 5) is 8.92. The molecule has 226 valence electrons. The van der Waals surface area contributed by atoms with E-state index in [9.17, 15) is 0 Å². The summed E-state index contributed by atoms with van der Waals surface area (Å²) in [7, 11) is 0. The molecule has 0 fully saturated rings. The van der Waals surface area contributed by atoms with E-state index in [1.54, 1.807) is 2.89 Å². The number of unbranched alkanes of at least 4 members (excludes halogenated alkanes) is 2. The normalized spacial score (nSPS) is 13.9. The van der Waals surface area contributed by atoms with Gasteiger partial charge in [0.05, 0.1) is 0 Å². The average molecular weight is 710 g/mol. The molecule has 0 saturated carbocycles. The van der Waals surface area contributed by atoms with E-state index < -0.39 is 18.4 Å². The van der Waals surface area contributed by atoms with E-state index in [1.165, 1.54) is 81.1 Å². The maximum absolute atomic E-state index is 6.78. The van der Waals surface area contributed by atoms with E-state index in [4.69, 9.17) is 8.83 Å². The van der Waals surface area contributed by atoms with Gasteiger partial charge in [0, 0.05) is 0 Å². The Morgan fingerprint density at radius 3 is 2.05 bits per heavy atom. The minimum absolute atomic E-state index is 0.489. The van der Waals surface area contributed by atoms with Crippen molar-refractivity contribution in [3.63, 3.8) is 0 Å². The molecule has 0 spiro atoms. The van der Waals surface area contributed by atoms with Gasteiger partial charge in [0.1, 0.15) is 0 Å². The second kappa shape index (κ2) is 13.6. The van der Waals surface area contributed by atoms with Crippen LogP contribution in [0.5, 0.6) is 0 Å². The summed E-state index contributed by atoms with van der Waals surface area (Å²) in [6.45, 7) is 11.4. The van der Waals surface area contributed by atoms with Crippen LogP contribution in [-0.4, -0.2) is 18.4 Å². The van der Waals surface area contributed by atoms with Crippen LogP contribution in [0.1, 0.15) is 101 Å². The Morgan fingerprint density at radius 2 is 1.38 bits per heavy atom. The zero-order valence-electron chi connectivity index (χ0n) is 27.1. The van der Waals surface area contributed by atoms with E-state index in [-0.39, 0.29) is 0 Å². The van der Waals surface area contributed by atoms with Crippen LogP contribution < -0.4 is 2.89 Å². The van der Waals surface area contributed by atoms with E-state index in [0.29, 0.717) is 11.8 Å². The van der Waals surface area contributed by atoms with Crippen molar-refractivity contribution < 1.29 is 8.83 Å². The van der Waals surface area contributed by atoms with E-state index in [2.05, 4.69) is 85.8 Å². The molecule has 2 nitrogen and oxygen atoms in total. The molecule has 0 bridgehead atoms. The first-order valence-corrected chi connectivity index (χ1v) is 28.0. The minimum atomic E-state index is -2.36. The second-order valence-electron chi connectivity index (χ2n) is 13.3. The summed E-state index contributed by atoms with van der Waals surface area (Å²) in [5, 5.41) is 2.66. The van der Waals surface area contributed by atoms with E-state index in [0.717, 1.165) is 35.9 Å². The fourth-order valence-electron chi connectivity index (χ4n) is 6.31. The monoisotopic (exact) mass is 710 g/mol. The van der Waals surface area contributed by atoms with Gasteiger partial charge in [-0.3, -0.25) is 0 Å².